The summed E-state index contributed by atoms with van der Waals surface area (Å²) in [6.45, 7) is 0.962. The fraction of sp³-hybridized carbons (Fsp3) is 0.182. The number of anilines is 1. The van der Waals surface area contributed by atoms with E-state index in [4.69, 9.17) is 0 Å². The molecular formula is C22H19N5O. The summed E-state index contributed by atoms with van der Waals surface area (Å²) in [5.41, 5.74) is 2.93. The van der Waals surface area contributed by atoms with Gasteiger partial charge in [-0.2, -0.15) is 0 Å². The number of benzene rings is 2. The van der Waals surface area contributed by atoms with Crippen LogP contribution >= 0.6 is 0 Å². The van der Waals surface area contributed by atoms with Gasteiger partial charge < -0.3 is 9.88 Å². The van der Waals surface area contributed by atoms with E-state index in [0.29, 0.717) is 5.69 Å². The van der Waals surface area contributed by atoms with Gasteiger partial charge in [0, 0.05) is 29.6 Å². The molecule has 0 saturated heterocycles. The third-order valence-corrected chi connectivity index (χ3v) is 5.09. The molecule has 2 aromatic carbocycles. The van der Waals surface area contributed by atoms with E-state index in [0.717, 1.165) is 53.2 Å². The Bertz CT molecular complexity index is 1160. The van der Waals surface area contributed by atoms with Crippen LogP contribution in [0.15, 0.2) is 60.7 Å². The number of para-hydroxylation sites is 1. The van der Waals surface area contributed by atoms with Crippen LogP contribution < -0.4 is 5.32 Å². The largest absolute Gasteiger partial charge is 0.321 e. The zero-order valence-corrected chi connectivity index (χ0v) is 15.3. The molecule has 0 bridgehead atoms. The molecule has 0 aliphatic carbocycles. The molecule has 1 amide bonds. The van der Waals surface area contributed by atoms with E-state index in [1.807, 2.05) is 54.6 Å². The summed E-state index contributed by atoms with van der Waals surface area (Å²) in [5, 5.41) is 12.6. The Morgan fingerprint density at radius 3 is 2.68 bits per heavy atom. The van der Waals surface area contributed by atoms with Crippen molar-refractivity contribution in [2.24, 2.45) is 0 Å². The highest BCUT2D eigenvalue weighted by Gasteiger charge is 2.17. The smallest absolute Gasteiger partial charge is 0.274 e. The molecule has 0 saturated carbocycles. The Hall–Kier alpha value is -3.54. The molecule has 0 unspecified atom stereocenters. The van der Waals surface area contributed by atoms with Crippen molar-refractivity contribution in [3.05, 3.63) is 72.2 Å². The summed E-state index contributed by atoms with van der Waals surface area (Å²) in [7, 11) is 0. The summed E-state index contributed by atoms with van der Waals surface area (Å²) in [5.74, 6) is 1.73. The average molecular weight is 369 g/mol. The molecule has 28 heavy (non-hydrogen) atoms. The van der Waals surface area contributed by atoms with E-state index < -0.39 is 0 Å². The number of aryl methyl sites for hydroxylation is 1. The predicted molar refractivity (Wildman–Crippen MR) is 108 cm³/mol. The third-order valence-electron chi connectivity index (χ3n) is 5.09. The minimum absolute atomic E-state index is 0.224. The summed E-state index contributed by atoms with van der Waals surface area (Å²) in [4.78, 5) is 17.0. The summed E-state index contributed by atoms with van der Waals surface area (Å²) < 4.78 is 2.19. The van der Waals surface area contributed by atoms with Gasteiger partial charge in [0.2, 0.25) is 0 Å². The van der Waals surface area contributed by atoms with Crippen molar-refractivity contribution in [3.63, 3.8) is 0 Å². The first-order valence-electron chi connectivity index (χ1n) is 9.47. The fourth-order valence-corrected chi connectivity index (χ4v) is 3.61. The standard InChI is InChI=1S/C22H19N5O/c28-22(19-13-10-15-5-1-2-6-18(15)24-19)23-17-11-8-16(9-12-17)21-26-25-20-7-3-4-14-27(20)21/h1-2,5-6,8-13H,3-4,7,14H2,(H,23,28). The number of amides is 1. The zero-order chi connectivity index (χ0) is 18.9. The van der Waals surface area contributed by atoms with Crippen LogP contribution in [0.4, 0.5) is 5.69 Å². The molecule has 5 rings (SSSR count). The molecule has 1 aliphatic heterocycles. The highest BCUT2D eigenvalue weighted by molar-refractivity contribution is 6.04. The minimum atomic E-state index is -0.224. The Kier molecular flexibility index (Phi) is 4.09. The van der Waals surface area contributed by atoms with Gasteiger partial charge in [-0.25, -0.2) is 4.98 Å². The number of hydrogen-bond donors (Lipinski definition) is 1. The van der Waals surface area contributed by atoms with Crippen molar-refractivity contribution in [2.75, 3.05) is 5.32 Å². The number of carbonyl (C=O) groups is 1. The molecule has 0 atom stereocenters. The first-order valence-corrected chi connectivity index (χ1v) is 9.47. The average Bonchev–Trinajstić information content (AvgIpc) is 3.18. The summed E-state index contributed by atoms with van der Waals surface area (Å²) in [6, 6.07) is 19.1. The van der Waals surface area contributed by atoms with Gasteiger partial charge in [-0.15, -0.1) is 10.2 Å². The lowest BCUT2D eigenvalue weighted by molar-refractivity contribution is 0.102. The molecule has 138 valence electrons. The van der Waals surface area contributed by atoms with Gasteiger partial charge in [0.05, 0.1) is 5.52 Å². The van der Waals surface area contributed by atoms with Gasteiger partial charge >= 0.3 is 0 Å². The molecule has 2 aromatic heterocycles. The van der Waals surface area contributed by atoms with Crippen LogP contribution in [0, 0.1) is 0 Å². The normalized spacial score (nSPS) is 13.3. The highest BCUT2D eigenvalue weighted by atomic mass is 16.1. The van der Waals surface area contributed by atoms with Crippen LogP contribution in [0.25, 0.3) is 22.3 Å². The molecule has 6 heteroatoms. The van der Waals surface area contributed by atoms with Gasteiger partial charge in [0.25, 0.3) is 5.91 Å². The number of fused-ring (bicyclic) bond motifs is 2. The number of aromatic nitrogens is 4. The van der Waals surface area contributed by atoms with Crippen LogP contribution in [0.5, 0.6) is 0 Å². The van der Waals surface area contributed by atoms with Crippen molar-refractivity contribution >= 4 is 22.5 Å². The van der Waals surface area contributed by atoms with Gasteiger partial charge in [-0.05, 0) is 49.2 Å². The maximum absolute atomic E-state index is 12.6. The second-order valence-corrected chi connectivity index (χ2v) is 6.97. The predicted octanol–water partition coefficient (Wildman–Crippen LogP) is 4.08. The molecule has 0 radical (unpaired) electrons. The van der Waals surface area contributed by atoms with Gasteiger partial charge in [-0.1, -0.05) is 24.3 Å². The third kappa shape index (κ3) is 3.03. The Morgan fingerprint density at radius 2 is 1.79 bits per heavy atom. The van der Waals surface area contributed by atoms with Crippen LogP contribution in [0.3, 0.4) is 0 Å². The second-order valence-electron chi connectivity index (χ2n) is 6.97. The first-order chi connectivity index (χ1) is 13.8. The molecule has 0 spiro atoms. The monoisotopic (exact) mass is 369 g/mol. The molecule has 0 fully saturated rings. The van der Waals surface area contributed by atoms with Crippen LogP contribution in [0.2, 0.25) is 0 Å². The van der Waals surface area contributed by atoms with Crippen molar-refractivity contribution in [2.45, 2.75) is 25.8 Å². The van der Waals surface area contributed by atoms with Crippen LogP contribution in [-0.4, -0.2) is 25.7 Å². The van der Waals surface area contributed by atoms with E-state index >= 15 is 0 Å². The van der Waals surface area contributed by atoms with Crippen LogP contribution in [0.1, 0.15) is 29.2 Å². The Morgan fingerprint density at radius 1 is 0.929 bits per heavy atom. The lowest BCUT2D eigenvalue weighted by Gasteiger charge is -2.14. The van der Waals surface area contributed by atoms with Crippen molar-refractivity contribution in [1.29, 1.82) is 0 Å². The van der Waals surface area contributed by atoms with E-state index in [-0.39, 0.29) is 5.91 Å². The van der Waals surface area contributed by atoms with Crippen molar-refractivity contribution in [1.82, 2.24) is 19.7 Å². The van der Waals surface area contributed by atoms with Crippen LogP contribution in [-0.2, 0) is 13.0 Å². The SMILES string of the molecule is O=C(Nc1ccc(-c2nnc3n2CCCC3)cc1)c1ccc2ccccc2n1. The molecule has 3 heterocycles. The lowest BCUT2D eigenvalue weighted by Crippen LogP contribution is -2.13. The first kappa shape index (κ1) is 16.6. The Labute approximate surface area is 162 Å². The van der Waals surface area contributed by atoms with Crippen molar-refractivity contribution in [3.8, 4) is 11.4 Å². The maximum atomic E-state index is 12.6. The molecule has 1 N–H and O–H groups in total. The number of hydrogen-bond acceptors (Lipinski definition) is 4. The summed E-state index contributed by atoms with van der Waals surface area (Å²) >= 11 is 0. The minimum Gasteiger partial charge on any atom is -0.321 e. The number of pyridine rings is 1. The van der Waals surface area contributed by atoms with Gasteiger partial charge in [-0.3, -0.25) is 4.79 Å². The van der Waals surface area contributed by atoms with E-state index in [2.05, 4.69) is 25.1 Å². The number of rotatable bonds is 3. The fourth-order valence-electron chi connectivity index (χ4n) is 3.61. The number of nitrogens with one attached hydrogen (secondary N) is 1. The lowest BCUT2D eigenvalue weighted by atomic mass is 10.1. The quantitative estimate of drug-likeness (QED) is 0.590. The topological polar surface area (TPSA) is 72.7 Å². The van der Waals surface area contributed by atoms with Gasteiger partial charge in [0.15, 0.2) is 5.82 Å². The van der Waals surface area contributed by atoms with Crippen molar-refractivity contribution < 1.29 is 4.79 Å². The van der Waals surface area contributed by atoms with E-state index in [9.17, 15) is 4.79 Å². The zero-order valence-electron chi connectivity index (χ0n) is 15.3. The Balaban J connectivity index is 1.35. The second kappa shape index (κ2) is 6.88. The summed E-state index contributed by atoms with van der Waals surface area (Å²) in [6.07, 6.45) is 3.32. The highest BCUT2D eigenvalue weighted by Crippen LogP contribution is 2.24. The van der Waals surface area contributed by atoms with E-state index in [1.165, 1.54) is 6.42 Å². The molecule has 1 aliphatic rings. The molecule has 4 aromatic rings. The number of carbonyl (C=O) groups excluding carboxylic acids is 1. The van der Waals surface area contributed by atoms with Gasteiger partial charge in [0.1, 0.15) is 11.5 Å². The number of nitrogens with zero attached hydrogens (tertiary/aromatic N) is 4. The molecule has 6 nitrogen and oxygen atoms in total. The molecular weight excluding hydrogens is 350 g/mol. The maximum Gasteiger partial charge on any atom is 0.274 e. The van der Waals surface area contributed by atoms with E-state index in [1.54, 1.807) is 6.07 Å².